The molecule has 0 atom stereocenters. The Labute approximate surface area is 127 Å². The second kappa shape index (κ2) is 7.67. The van der Waals surface area contributed by atoms with Gasteiger partial charge in [-0.15, -0.1) is 0 Å². The van der Waals surface area contributed by atoms with Crippen molar-refractivity contribution in [1.82, 2.24) is 15.5 Å². The molecule has 0 heterocycles. The van der Waals surface area contributed by atoms with Gasteiger partial charge in [-0.05, 0) is 19.4 Å². The fourth-order valence-electron chi connectivity index (χ4n) is 1.82. The minimum Gasteiger partial charge on any atom is -0.359 e. The number of aliphatic imine (C=N–C) groups is 1. The Hall–Kier alpha value is -2.04. The zero-order chi connectivity index (χ0) is 15.9. The van der Waals surface area contributed by atoms with Gasteiger partial charge in [0.25, 0.3) is 0 Å². The molecule has 0 aliphatic rings. The van der Waals surface area contributed by atoms with Crippen LogP contribution in [0.2, 0.25) is 0 Å². The number of carbonyl (C=O) groups is 1. The summed E-state index contributed by atoms with van der Waals surface area (Å²) in [7, 11) is 5.52. The SMILES string of the molecule is CNC(=O)C(C)(C)CNC(=NCc1ccccc1)N(C)C. The first-order valence-electron chi connectivity index (χ1n) is 7.08. The van der Waals surface area contributed by atoms with Crippen LogP contribution in [-0.4, -0.2) is 44.5 Å². The summed E-state index contributed by atoms with van der Waals surface area (Å²) in [5, 5.41) is 5.94. The predicted molar refractivity (Wildman–Crippen MR) is 87.1 cm³/mol. The molecular formula is C16H26N4O. The third kappa shape index (κ3) is 5.45. The van der Waals surface area contributed by atoms with Gasteiger partial charge in [-0.25, -0.2) is 4.99 Å². The van der Waals surface area contributed by atoms with Gasteiger partial charge in [-0.2, -0.15) is 0 Å². The maximum absolute atomic E-state index is 11.8. The number of benzene rings is 1. The molecule has 1 amide bonds. The molecule has 0 bridgehead atoms. The van der Waals surface area contributed by atoms with Gasteiger partial charge in [0.2, 0.25) is 5.91 Å². The highest BCUT2D eigenvalue weighted by molar-refractivity contribution is 5.84. The molecule has 21 heavy (non-hydrogen) atoms. The first-order chi connectivity index (χ1) is 9.86. The highest BCUT2D eigenvalue weighted by Gasteiger charge is 2.26. The number of hydrogen-bond acceptors (Lipinski definition) is 2. The van der Waals surface area contributed by atoms with E-state index in [1.807, 2.05) is 63.2 Å². The van der Waals surface area contributed by atoms with E-state index in [4.69, 9.17) is 0 Å². The molecular weight excluding hydrogens is 264 g/mol. The average Bonchev–Trinajstić information content (AvgIpc) is 2.46. The summed E-state index contributed by atoms with van der Waals surface area (Å²) in [5.74, 6) is 0.784. The topological polar surface area (TPSA) is 56.7 Å². The number of guanidine groups is 1. The van der Waals surface area contributed by atoms with Crippen LogP contribution in [0.5, 0.6) is 0 Å². The van der Waals surface area contributed by atoms with Gasteiger partial charge in [0.15, 0.2) is 5.96 Å². The lowest BCUT2D eigenvalue weighted by Crippen LogP contribution is -2.46. The zero-order valence-corrected chi connectivity index (χ0v) is 13.6. The molecule has 0 fully saturated rings. The van der Waals surface area contributed by atoms with Crippen LogP contribution in [0.1, 0.15) is 19.4 Å². The summed E-state index contributed by atoms with van der Waals surface area (Å²) < 4.78 is 0. The van der Waals surface area contributed by atoms with E-state index < -0.39 is 5.41 Å². The van der Waals surface area contributed by atoms with Crippen molar-refractivity contribution in [3.63, 3.8) is 0 Å². The summed E-state index contributed by atoms with van der Waals surface area (Å²) >= 11 is 0. The van der Waals surface area contributed by atoms with Crippen LogP contribution in [0.4, 0.5) is 0 Å². The molecule has 5 heteroatoms. The van der Waals surface area contributed by atoms with E-state index in [0.29, 0.717) is 13.1 Å². The molecule has 1 aromatic carbocycles. The van der Waals surface area contributed by atoms with Crippen LogP contribution in [0.15, 0.2) is 35.3 Å². The summed E-state index contributed by atoms with van der Waals surface area (Å²) in [6.45, 7) is 4.95. The van der Waals surface area contributed by atoms with Gasteiger partial charge >= 0.3 is 0 Å². The molecule has 0 saturated carbocycles. The highest BCUT2D eigenvalue weighted by Crippen LogP contribution is 2.13. The van der Waals surface area contributed by atoms with Crippen LogP contribution in [0, 0.1) is 5.41 Å². The van der Waals surface area contributed by atoms with Gasteiger partial charge in [-0.1, -0.05) is 30.3 Å². The minimum atomic E-state index is -0.488. The average molecular weight is 290 g/mol. The maximum Gasteiger partial charge on any atom is 0.227 e. The van der Waals surface area contributed by atoms with Crippen LogP contribution < -0.4 is 10.6 Å². The van der Waals surface area contributed by atoms with Crippen molar-refractivity contribution in [3.8, 4) is 0 Å². The van der Waals surface area contributed by atoms with Crippen LogP contribution in [0.3, 0.4) is 0 Å². The van der Waals surface area contributed by atoms with E-state index in [9.17, 15) is 4.79 Å². The number of amides is 1. The van der Waals surface area contributed by atoms with Crippen molar-refractivity contribution >= 4 is 11.9 Å². The summed E-state index contributed by atoms with van der Waals surface area (Å²) in [6.07, 6.45) is 0. The van der Waals surface area contributed by atoms with E-state index in [1.165, 1.54) is 0 Å². The second-order valence-corrected chi connectivity index (χ2v) is 5.84. The first kappa shape index (κ1) is 17.0. The Bertz CT molecular complexity index is 480. The lowest BCUT2D eigenvalue weighted by atomic mass is 9.92. The largest absolute Gasteiger partial charge is 0.359 e. The normalized spacial score (nSPS) is 12.0. The van der Waals surface area contributed by atoms with Crippen molar-refractivity contribution in [3.05, 3.63) is 35.9 Å². The molecule has 0 saturated heterocycles. The van der Waals surface area contributed by atoms with Crippen LogP contribution in [0.25, 0.3) is 0 Å². The number of nitrogens with one attached hydrogen (secondary N) is 2. The van der Waals surface area contributed by atoms with E-state index in [0.717, 1.165) is 11.5 Å². The predicted octanol–water partition coefficient (Wildman–Crippen LogP) is 1.47. The third-order valence-corrected chi connectivity index (χ3v) is 3.21. The molecule has 0 spiro atoms. The quantitative estimate of drug-likeness (QED) is 0.638. The van der Waals surface area contributed by atoms with Gasteiger partial charge in [-0.3, -0.25) is 4.79 Å². The molecule has 0 aromatic heterocycles. The molecule has 5 nitrogen and oxygen atoms in total. The zero-order valence-electron chi connectivity index (χ0n) is 13.6. The maximum atomic E-state index is 11.8. The lowest BCUT2D eigenvalue weighted by Gasteiger charge is -2.26. The first-order valence-corrected chi connectivity index (χ1v) is 7.08. The molecule has 1 rings (SSSR count). The molecule has 0 aliphatic heterocycles. The van der Waals surface area contributed by atoms with Crippen molar-refractivity contribution in [2.24, 2.45) is 10.4 Å². The van der Waals surface area contributed by atoms with Gasteiger partial charge in [0.1, 0.15) is 0 Å². The Morgan fingerprint density at radius 3 is 2.38 bits per heavy atom. The fraction of sp³-hybridized carbons (Fsp3) is 0.500. The van der Waals surface area contributed by atoms with Crippen molar-refractivity contribution in [1.29, 1.82) is 0 Å². The molecule has 1 aromatic rings. The van der Waals surface area contributed by atoms with Crippen LogP contribution in [-0.2, 0) is 11.3 Å². The number of nitrogens with zero attached hydrogens (tertiary/aromatic N) is 2. The number of carbonyl (C=O) groups excluding carboxylic acids is 1. The molecule has 2 N–H and O–H groups in total. The third-order valence-electron chi connectivity index (χ3n) is 3.21. The van der Waals surface area contributed by atoms with E-state index in [1.54, 1.807) is 7.05 Å². The van der Waals surface area contributed by atoms with Crippen molar-refractivity contribution in [2.45, 2.75) is 20.4 Å². The van der Waals surface area contributed by atoms with E-state index >= 15 is 0 Å². The highest BCUT2D eigenvalue weighted by atomic mass is 16.2. The molecule has 116 valence electrons. The standard InChI is InChI=1S/C16H26N4O/c1-16(2,14(21)17-3)12-19-15(20(4)5)18-11-13-9-7-6-8-10-13/h6-10H,11-12H2,1-5H3,(H,17,21)(H,18,19). The second-order valence-electron chi connectivity index (χ2n) is 5.84. The van der Waals surface area contributed by atoms with Crippen molar-refractivity contribution in [2.75, 3.05) is 27.7 Å². The minimum absolute atomic E-state index is 0.0103. The Balaban J connectivity index is 2.68. The van der Waals surface area contributed by atoms with Crippen molar-refractivity contribution < 1.29 is 4.79 Å². The number of rotatable bonds is 5. The summed E-state index contributed by atoms with van der Waals surface area (Å²) in [6, 6.07) is 10.1. The molecule has 0 radical (unpaired) electrons. The Morgan fingerprint density at radius 2 is 1.86 bits per heavy atom. The monoisotopic (exact) mass is 290 g/mol. The smallest absolute Gasteiger partial charge is 0.227 e. The molecule has 0 aliphatic carbocycles. The Kier molecular flexibility index (Phi) is 6.21. The van der Waals surface area contributed by atoms with Gasteiger partial charge in [0.05, 0.1) is 12.0 Å². The fourth-order valence-corrected chi connectivity index (χ4v) is 1.82. The van der Waals surface area contributed by atoms with E-state index in [2.05, 4.69) is 15.6 Å². The number of hydrogen-bond donors (Lipinski definition) is 2. The van der Waals surface area contributed by atoms with Crippen LogP contribution >= 0.6 is 0 Å². The summed E-state index contributed by atoms with van der Waals surface area (Å²) in [4.78, 5) is 18.3. The molecule has 0 unspecified atom stereocenters. The summed E-state index contributed by atoms with van der Waals surface area (Å²) in [5.41, 5.74) is 0.669. The lowest BCUT2D eigenvalue weighted by molar-refractivity contribution is -0.128. The van der Waals surface area contributed by atoms with Gasteiger partial charge in [0, 0.05) is 27.7 Å². The Morgan fingerprint density at radius 1 is 1.24 bits per heavy atom. The van der Waals surface area contributed by atoms with Gasteiger partial charge < -0.3 is 15.5 Å². The van der Waals surface area contributed by atoms with E-state index in [-0.39, 0.29) is 5.91 Å².